The quantitative estimate of drug-likeness (QED) is 0.825. The molecule has 1 aliphatic carbocycles. The Hall–Kier alpha value is -0.0900. The maximum atomic E-state index is 12.4. The Morgan fingerprint density at radius 3 is 2.47 bits per heavy atom. The number of nitrogens with one attached hydrogen (secondary N) is 1. The highest BCUT2D eigenvalue weighted by atomic mass is 32.2. The molecule has 1 rings (SSSR count). The molecule has 3 unspecified atom stereocenters. The monoisotopic (exact) mass is 261 g/mol. The van der Waals surface area contributed by atoms with Crippen LogP contribution < -0.4 is 5.32 Å². The van der Waals surface area contributed by atoms with Gasteiger partial charge in [-0.25, -0.2) is 8.42 Å². The van der Waals surface area contributed by atoms with Crippen molar-refractivity contribution in [2.45, 2.75) is 58.2 Å². The molecule has 0 spiro atoms. The molecule has 3 nitrogen and oxygen atoms in total. The minimum absolute atomic E-state index is 0.167. The SMILES string of the molecule is CCNC1CCC(C)CC1S(=O)(=O)CC(C)C. The van der Waals surface area contributed by atoms with Crippen molar-refractivity contribution < 1.29 is 8.42 Å². The first-order valence-electron chi connectivity index (χ1n) is 6.81. The molecule has 0 amide bonds. The zero-order valence-corrected chi connectivity index (χ0v) is 12.4. The van der Waals surface area contributed by atoms with E-state index in [1.807, 2.05) is 20.8 Å². The van der Waals surface area contributed by atoms with Gasteiger partial charge in [0.15, 0.2) is 9.84 Å². The minimum Gasteiger partial charge on any atom is -0.313 e. The average molecular weight is 261 g/mol. The molecule has 0 aromatic rings. The van der Waals surface area contributed by atoms with Crippen molar-refractivity contribution in [2.75, 3.05) is 12.3 Å². The van der Waals surface area contributed by atoms with Crippen LogP contribution in [0.1, 0.15) is 47.0 Å². The molecular formula is C13H27NO2S. The van der Waals surface area contributed by atoms with Crippen molar-refractivity contribution in [3.63, 3.8) is 0 Å². The molecule has 1 fully saturated rings. The third-order valence-corrected chi connectivity index (χ3v) is 6.12. The second-order valence-electron chi connectivity index (χ2n) is 5.84. The first kappa shape index (κ1) is 15.0. The largest absolute Gasteiger partial charge is 0.313 e. The highest BCUT2D eigenvalue weighted by molar-refractivity contribution is 7.92. The molecule has 0 aliphatic heterocycles. The van der Waals surface area contributed by atoms with Gasteiger partial charge in [-0.2, -0.15) is 0 Å². The molecule has 1 saturated carbocycles. The summed E-state index contributed by atoms with van der Waals surface area (Å²) in [5.41, 5.74) is 0. The van der Waals surface area contributed by atoms with Gasteiger partial charge in [-0.3, -0.25) is 0 Å². The molecule has 0 bridgehead atoms. The van der Waals surface area contributed by atoms with Gasteiger partial charge in [-0.1, -0.05) is 27.7 Å². The summed E-state index contributed by atoms with van der Waals surface area (Å²) >= 11 is 0. The molecule has 0 radical (unpaired) electrons. The Bertz CT molecular complexity index is 324. The fourth-order valence-corrected chi connectivity index (χ4v) is 5.34. The standard InChI is InChI=1S/C13H27NO2S/c1-5-14-12-7-6-11(4)8-13(12)17(15,16)9-10(2)3/h10-14H,5-9H2,1-4H3. The van der Waals surface area contributed by atoms with E-state index in [1.54, 1.807) is 0 Å². The van der Waals surface area contributed by atoms with E-state index in [1.165, 1.54) is 0 Å². The molecule has 1 aliphatic rings. The first-order valence-corrected chi connectivity index (χ1v) is 8.53. The second kappa shape index (κ2) is 6.19. The molecule has 0 aromatic heterocycles. The van der Waals surface area contributed by atoms with Gasteiger partial charge in [0.2, 0.25) is 0 Å². The van der Waals surface area contributed by atoms with E-state index in [2.05, 4.69) is 12.2 Å². The Kier molecular flexibility index (Phi) is 5.45. The first-order chi connectivity index (χ1) is 7.86. The van der Waals surface area contributed by atoms with E-state index in [4.69, 9.17) is 0 Å². The van der Waals surface area contributed by atoms with Gasteiger partial charge in [0, 0.05) is 6.04 Å². The Balaban J connectivity index is 2.81. The average Bonchev–Trinajstić information content (AvgIpc) is 2.19. The van der Waals surface area contributed by atoms with Crippen LogP contribution in [0.25, 0.3) is 0 Å². The Morgan fingerprint density at radius 2 is 1.94 bits per heavy atom. The lowest BCUT2D eigenvalue weighted by molar-refractivity contribution is 0.311. The van der Waals surface area contributed by atoms with Crippen LogP contribution in [0.4, 0.5) is 0 Å². The lowest BCUT2D eigenvalue weighted by Gasteiger charge is -2.35. The normalized spacial score (nSPS) is 30.8. The van der Waals surface area contributed by atoms with Crippen molar-refractivity contribution in [2.24, 2.45) is 11.8 Å². The zero-order chi connectivity index (χ0) is 13.1. The van der Waals surface area contributed by atoms with Crippen molar-refractivity contribution >= 4 is 9.84 Å². The van der Waals surface area contributed by atoms with Crippen LogP contribution in [0, 0.1) is 11.8 Å². The highest BCUT2D eigenvalue weighted by Crippen LogP contribution is 2.29. The Labute approximate surface area is 106 Å². The van der Waals surface area contributed by atoms with Gasteiger partial charge in [0.1, 0.15) is 0 Å². The molecule has 102 valence electrons. The topological polar surface area (TPSA) is 46.2 Å². The van der Waals surface area contributed by atoms with Gasteiger partial charge < -0.3 is 5.32 Å². The summed E-state index contributed by atoms with van der Waals surface area (Å²) in [6.45, 7) is 9.02. The van der Waals surface area contributed by atoms with Crippen LogP contribution in [0.2, 0.25) is 0 Å². The van der Waals surface area contributed by atoms with Gasteiger partial charge in [0.05, 0.1) is 11.0 Å². The molecule has 0 saturated heterocycles. The lowest BCUT2D eigenvalue weighted by Crippen LogP contribution is -2.48. The van der Waals surface area contributed by atoms with Gasteiger partial charge in [-0.15, -0.1) is 0 Å². The summed E-state index contributed by atoms with van der Waals surface area (Å²) < 4.78 is 24.8. The summed E-state index contributed by atoms with van der Waals surface area (Å²) in [5, 5.41) is 3.18. The minimum atomic E-state index is -2.95. The number of hydrogen-bond acceptors (Lipinski definition) is 3. The van der Waals surface area contributed by atoms with Gasteiger partial charge >= 0.3 is 0 Å². The highest BCUT2D eigenvalue weighted by Gasteiger charge is 2.37. The number of sulfone groups is 1. The van der Waals surface area contributed by atoms with Crippen molar-refractivity contribution in [1.29, 1.82) is 0 Å². The third-order valence-electron chi connectivity index (χ3n) is 3.55. The summed E-state index contributed by atoms with van der Waals surface area (Å²) in [7, 11) is -2.95. The zero-order valence-electron chi connectivity index (χ0n) is 11.6. The summed E-state index contributed by atoms with van der Waals surface area (Å²) in [6, 6.07) is 0.167. The second-order valence-corrected chi connectivity index (χ2v) is 8.11. The molecular weight excluding hydrogens is 234 g/mol. The van der Waals surface area contributed by atoms with Crippen LogP contribution in [-0.2, 0) is 9.84 Å². The van der Waals surface area contributed by atoms with Crippen LogP contribution in [0.15, 0.2) is 0 Å². The van der Waals surface area contributed by atoms with Crippen molar-refractivity contribution in [3.8, 4) is 0 Å². The fourth-order valence-electron chi connectivity index (χ4n) is 2.81. The van der Waals surface area contributed by atoms with E-state index in [-0.39, 0.29) is 17.2 Å². The number of rotatable bonds is 5. The van der Waals surface area contributed by atoms with E-state index in [0.717, 1.165) is 25.8 Å². The fraction of sp³-hybridized carbons (Fsp3) is 1.00. The summed E-state index contributed by atoms with van der Waals surface area (Å²) in [5.74, 6) is 1.09. The Morgan fingerprint density at radius 1 is 1.29 bits per heavy atom. The van der Waals surface area contributed by atoms with Crippen LogP contribution in [-0.4, -0.2) is 32.0 Å². The van der Waals surface area contributed by atoms with Gasteiger partial charge in [-0.05, 0) is 37.6 Å². The predicted octanol–water partition coefficient (Wildman–Crippen LogP) is 2.22. The molecule has 4 heteroatoms. The van der Waals surface area contributed by atoms with Crippen LogP contribution in [0.5, 0.6) is 0 Å². The van der Waals surface area contributed by atoms with E-state index in [0.29, 0.717) is 11.7 Å². The predicted molar refractivity (Wildman–Crippen MR) is 72.9 cm³/mol. The molecule has 17 heavy (non-hydrogen) atoms. The molecule has 3 atom stereocenters. The maximum absolute atomic E-state index is 12.4. The third kappa shape index (κ3) is 4.25. The molecule has 1 N–H and O–H groups in total. The van der Waals surface area contributed by atoms with E-state index < -0.39 is 9.84 Å². The van der Waals surface area contributed by atoms with Crippen LogP contribution >= 0.6 is 0 Å². The number of hydrogen-bond donors (Lipinski definition) is 1. The van der Waals surface area contributed by atoms with E-state index in [9.17, 15) is 8.42 Å². The lowest BCUT2D eigenvalue weighted by atomic mass is 9.87. The van der Waals surface area contributed by atoms with Crippen LogP contribution in [0.3, 0.4) is 0 Å². The maximum Gasteiger partial charge on any atom is 0.154 e. The summed E-state index contributed by atoms with van der Waals surface area (Å²) in [4.78, 5) is 0. The van der Waals surface area contributed by atoms with Crippen molar-refractivity contribution in [1.82, 2.24) is 5.32 Å². The van der Waals surface area contributed by atoms with E-state index >= 15 is 0 Å². The smallest absolute Gasteiger partial charge is 0.154 e. The summed E-state index contributed by atoms with van der Waals surface area (Å²) in [6.07, 6.45) is 2.97. The van der Waals surface area contributed by atoms with Crippen molar-refractivity contribution in [3.05, 3.63) is 0 Å². The molecule has 0 heterocycles. The van der Waals surface area contributed by atoms with Gasteiger partial charge in [0.25, 0.3) is 0 Å². The molecule has 0 aromatic carbocycles.